The van der Waals surface area contributed by atoms with Gasteiger partial charge in [0.25, 0.3) is 5.91 Å². The second kappa shape index (κ2) is 2.47. The normalized spacial score (nSPS) is 17.8. The molecule has 0 fully saturated rings. The van der Waals surface area contributed by atoms with E-state index in [1.807, 2.05) is 13.8 Å². The largest absolute Gasteiger partial charge is 0.396 e. The molecule has 3 N–H and O–H groups in total. The molecule has 1 aromatic carbocycles. The fourth-order valence-corrected chi connectivity index (χ4v) is 1.77. The molecule has 1 amide bonds. The van der Waals surface area contributed by atoms with Crippen LogP contribution in [0.1, 0.15) is 29.8 Å². The highest BCUT2D eigenvalue weighted by Crippen LogP contribution is 2.34. The Balaban J connectivity index is 2.75. The Hall–Kier alpha value is -1.58. The van der Waals surface area contributed by atoms with Gasteiger partial charge in [-0.1, -0.05) is 6.07 Å². The van der Waals surface area contributed by atoms with Crippen LogP contribution in [-0.4, -0.2) is 5.91 Å². The average Bonchev–Trinajstić information content (AvgIpc) is 2.29. The van der Waals surface area contributed by atoms with E-state index in [1.54, 1.807) is 6.07 Å². The van der Waals surface area contributed by atoms with Crippen LogP contribution in [0.3, 0.4) is 0 Å². The predicted octanol–water partition coefficient (Wildman–Crippen LogP) is 1.39. The van der Waals surface area contributed by atoms with E-state index in [2.05, 4.69) is 5.32 Å². The number of amides is 1. The van der Waals surface area contributed by atoms with Crippen molar-refractivity contribution in [2.75, 3.05) is 5.73 Å². The highest BCUT2D eigenvalue weighted by molar-refractivity contribution is 6.04. The first kappa shape index (κ1) is 8.99. The van der Waals surface area contributed by atoms with Crippen LogP contribution in [-0.2, 0) is 5.54 Å². The number of carbonyl (C=O) groups is 1. The van der Waals surface area contributed by atoms with Gasteiger partial charge in [0.05, 0.1) is 16.8 Å². The number of rotatable bonds is 0. The number of nitrogen functional groups attached to an aromatic ring is 1. The lowest BCUT2D eigenvalue weighted by atomic mass is 9.94. The Morgan fingerprint density at radius 3 is 2.71 bits per heavy atom. The van der Waals surface area contributed by atoms with Crippen molar-refractivity contribution in [3.05, 3.63) is 29.1 Å². The number of nitrogens with one attached hydrogen (secondary N) is 1. The third-order valence-corrected chi connectivity index (χ3v) is 2.52. The SMILES string of the molecule is CC1(C)NC(=O)c2c1ccc(F)c2N. The molecule has 74 valence electrons. The summed E-state index contributed by atoms with van der Waals surface area (Å²) in [6.07, 6.45) is 0. The number of hydrogen-bond acceptors (Lipinski definition) is 2. The molecule has 3 nitrogen and oxygen atoms in total. The molecular weight excluding hydrogens is 183 g/mol. The van der Waals surface area contributed by atoms with Gasteiger partial charge < -0.3 is 11.1 Å². The van der Waals surface area contributed by atoms with E-state index >= 15 is 0 Å². The van der Waals surface area contributed by atoms with Crippen molar-refractivity contribution in [2.45, 2.75) is 19.4 Å². The summed E-state index contributed by atoms with van der Waals surface area (Å²) in [6.45, 7) is 3.71. The molecule has 1 aromatic rings. The first-order chi connectivity index (χ1) is 6.43. The topological polar surface area (TPSA) is 55.1 Å². The maximum Gasteiger partial charge on any atom is 0.254 e. The smallest absolute Gasteiger partial charge is 0.254 e. The Kier molecular flexibility index (Phi) is 1.58. The van der Waals surface area contributed by atoms with Crippen molar-refractivity contribution in [3.8, 4) is 0 Å². The molecule has 1 aliphatic heterocycles. The molecule has 14 heavy (non-hydrogen) atoms. The van der Waals surface area contributed by atoms with E-state index in [0.29, 0.717) is 0 Å². The zero-order valence-electron chi connectivity index (χ0n) is 8.02. The standard InChI is InChI=1S/C10H11FN2O/c1-10(2)5-3-4-6(11)8(12)7(5)9(14)13-10/h3-4H,12H2,1-2H3,(H,13,14). The monoisotopic (exact) mass is 194 g/mol. The molecule has 0 radical (unpaired) electrons. The van der Waals surface area contributed by atoms with Crippen LogP contribution in [0.25, 0.3) is 0 Å². The lowest BCUT2D eigenvalue weighted by Crippen LogP contribution is -2.32. The average molecular weight is 194 g/mol. The van der Waals surface area contributed by atoms with E-state index in [0.717, 1.165) is 5.56 Å². The molecule has 0 saturated carbocycles. The van der Waals surface area contributed by atoms with Crippen molar-refractivity contribution in [2.24, 2.45) is 0 Å². The van der Waals surface area contributed by atoms with Gasteiger partial charge in [0.15, 0.2) is 0 Å². The van der Waals surface area contributed by atoms with Gasteiger partial charge in [-0.3, -0.25) is 4.79 Å². The van der Waals surface area contributed by atoms with E-state index in [-0.39, 0.29) is 17.2 Å². The zero-order chi connectivity index (χ0) is 10.5. The van der Waals surface area contributed by atoms with Gasteiger partial charge in [-0.2, -0.15) is 0 Å². The van der Waals surface area contributed by atoms with Gasteiger partial charge in [-0.05, 0) is 25.5 Å². The summed E-state index contributed by atoms with van der Waals surface area (Å²) >= 11 is 0. The number of nitrogens with two attached hydrogens (primary N) is 1. The fraction of sp³-hybridized carbons (Fsp3) is 0.300. The first-order valence-electron chi connectivity index (χ1n) is 4.34. The Labute approximate surface area is 81.1 Å². The van der Waals surface area contributed by atoms with Crippen molar-refractivity contribution in [3.63, 3.8) is 0 Å². The molecule has 2 rings (SSSR count). The molecule has 0 spiro atoms. The maximum absolute atomic E-state index is 13.1. The summed E-state index contributed by atoms with van der Waals surface area (Å²) < 4.78 is 13.1. The molecule has 1 aliphatic rings. The third-order valence-electron chi connectivity index (χ3n) is 2.52. The second-order valence-electron chi connectivity index (χ2n) is 3.96. The molecule has 0 atom stereocenters. The lowest BCUT2D eigenvalue weighted by Gasteiger charge is -2.18. The van der Waals surface area contributed by atoms with Crippen LogP contribution in [0.4, 0.5) is 10.1 Å². The molecule has 1 heterocycles. The summed E-state index contributed by atoms with van der Waals surface area (Å²) in [5.41, 5.74) is 6.01. The molecule has 0 aliphatic carbocycles. The van der Waals surface area contributed by atoms with Gasteiger partial charge in [0, 0.05) is 0 Å². The highest BCUT2D eigenvalue weighted by Gasteiger charge is 2.37. The van der Waals surface area contributed by atoms with Gasteiger partial charge in [-0.25, -0.2) is 4.39 Å². The van der Waals surface area contributed by atoms with Crippen LogP contribution < -0.4 is 11.1 Å². The highest BCUT2D eigenvalue weighted by atomic mass is 19.1. The molecule has 4 heteroatoms. The second-order valence-corrected chi connectivity index (χ2v) is 3.96. The van der Waals surface area contributed by atoms with Crippen LogP contribution >= 0.6 is 0 Å². The van der Waals surface area contributed by atoms with Crippen molar-refractivity contribution in [1.82, 2.24) is 5.32 Å². The molecular formula is C10H11FN2O. The number of halogens is 1. The number of fused-ring (bicyclic) bond motifs is 1. The van der Waals surface area contributed by atoms with Crippen molar-refractivity contribution in [1.29, 1.82) is 0 Å². The summed E-state index contributed by atoms with van der Waals surface area (Å²) in [4.78, 5) is 11.5. The minimum absolute atomic E-state index is 0.0643. The number of hydrogen-bond donors (Lipinski definition) is 2. The van der Waals surface area contributed by atoms with Crippen LogP contribution in [0.15, 0.2) is 12.1 Å². The van der Waals surface area contributed by atoms with Gasteiger partial charge in [0.1, 0.15) is 5.82 Å². The quantitative estimate of drug-likeness (QED) is 0.613. The van der Waals surface area contributed by atoms with Crippen LogP contribution in [0.2, 0.25) is 0 Å². The maximum atomic E-state index is 13.1. The Morgan fingerprint density at radius 1 is 1.43 bits per heavy atom. The Bertz CT molecular complexity index is 426. The zero-order valence-corrected chi connectivity index (χ0v) is 8.02. The van der Waals surface area contributed by atoms with E-state index in [4.69, 9.17) is 5.73 Å². The summed E-state index contributed by atoms with van der Waals surface area (Å²) in [7, 11) is 0. The number of benzene rings is 1. The van der Waals surface area contributed by atoms with Crippen molar-refractivity contribution < 1.29 is 9.18 Å². The molecule has 0 unspecified atom stereocenters. The van der Waals surface area contributed by atoms with Gasteiger partial charge in [-0.15, -0.1) is 0 Å². The molecule has 0 saturated heterocycles. The first-order valence-corrected chi connectivity index (χ1v) is 4.34. The summed E-state index contributed by atoms with van der Waals surface area (Å²) in [6, 6.07) is 2.88. The third kappa shape index (κ3) is 0.999. The van der Waals surface area contributed by atoms with Gasteiger partial charge in [0.2, 0.25) is 0 Å². The van der Waals surface area contributed by atoms with Crippen LogP contribution in [0.5, 0.6) is 0 Å². The lowest BCUT2D eigenvalue weighted by molar-refractivity contribution is 0.0940. The fourth-order valence-electron chi connectivity index (χ4n) is 1.77. The van der Waals surface area contributed by atoms with Crippen molar-refractivity contribution >= 4 is 11.6 Å². The number of anilines is 1. The molecule has 0 bridgehead atoms. The minimum atomic E-state index is -0.545. The minimum Gasteiger partial charge on any atom is -0.396 e. The van der Waals surface area contributed by atoms with Gasteiger partial charge >= 0.3 is 0 Å². The molecule has 0 aromatic heterocycles. The van der Waals surface area contributed by atoms with Crippen LogP contribution in [0, 0.1) is 5.82 Å². The predicted molar refractivity (Wildman–Crippen MR) is 51.3 cm³/mol. The number of carbonyl (C=O) groups excluding carboxylic acids is 1. The summed E-state index contributed by atoms with van der Waals surface area (Å²) in [5, 5.41) is 2.74. The van der Waals surface area contributed by atoms with E-state index in [9.17, 15) is 9.18 Å². The summed E-state index contributed by atoms with van der Waals surface area (Å²) in [5.74, 6) is -0.849. The van der Waals surface area contributed by atoms with E-state index < -0.39 is 11.4 Å². The Morgan fingerprint density at radius 2 is 2.07 bits per heavy atom. The van der Waals surface area contributed by atoms with E-state index in [1.165, 1.54) is 6.07 Å².